The number of aryl methyl sites for hydroxylation is 1. The molecule has 0 aliphatic rings. The summed E-state index contributed by atoms with van der Waals surface area (Å²) >= 11 is 0. The molecule has 0 unspecified atom stereocenters. The fraction of sp³-hybridized carbons (Fsp3) is 0.167. The molecule has 1 aromatic carbocycles. The van der Waals surface area contributed by atoms with Gasteiger partial charge in [0.05, 0.1) is 12.8 Å². The molecule has 0 spiro atoms. The standard InChI is InChI=1S/C18H17NO3/c20-18(19-13-16-7-4-12-21-16)11-9-15-8-10-17(22-15)14-5-2-1-3-6-14/h1-8,10,12H,9,11,13H2,(H,19,20). The second kappa shape index (κ2) is 6.80. The SMILES string of the molecule is O=C(CCc1ccc(-c2ccccc2)o1)NCc1ccco1. The van der Waals surface area contributed by atoms with E-state index >= 15 is 0 Å². The monoisotopic (exact) mass is 295 g/mol. The normalized spacial score (nSPS) is 10.5. The number of carbonyl (C=O) groups is 1. The summed E-state index contributed by atoms with van der Waals surface area (Å²) in [7, 11) is 0. The predicted octanol–water partition coefficient (Wildman–Crippen LogP) is 3.79. The van der Waals surface area contributed by atoms with Crippen LogP contribution < -0.4 is 5.32 Å². The van der Waals surface area contributed by atoms with E-state index in [1.54, 1.807) is 12.3 Å². The third kappa shape index (κ3) is 3.67. The summed E-state index contributed by atoms with van der Waals surface area (Å²) in [5.41, 5.74) is 1.04. The van der Waals surface area contributed by atoms with Gasteiger partial charge in [0.1, 0.15) is 17.3 Å². The molecule has 2 aromatic heterocycles. The van der Waals surface area contributed by atoms with Gasteiger partial charge < -0.3 is 14.2 Å². The van der Waals surface area contributed by atoms with Crippen LogP contribution >= 0.6 is 0 Å². The fourth-order valence-electron chi connectivity index (χ4n) is 2.19. The first kappa shape index (κ1) is 14.2. The van der Waals surface area contributed by atoms with Crippen LogP contribution in [0.3, 0.4) is 0 Å². The number of nitrogens with one attached hydrogen (secondary N) is 1. The van der Waals surface area contributed by atoms with Gasteiger partial charge in [0.15, 0.2) is 0 Å². The van der Waals surface area contributed by atoms with E-state index in [1.165, 1.54) is 0 Å². The highest BCUT2D eigenvalue weighted by Crippen LogP contribution is 2.22. The van der Waals surface area contributed by atoms with Gasteiger partial charge in [-0.1, -0.05) is 30.3 Å². The first-order chi connectivity index (χ1) is 10.8. The van der Waals surface area contributed by atoms with Gasteiger partial charge in [-0.3, -0.25) is 4.79 Å². The molecule has 0 atom stereocenters. The molecular weight excluding hydrogens is 278 g/mol. The zero-order valence-corrected chi connectivity index (χ0v) is 12.1. The van der Waals surface area contributed by atoms with E-state index in [0.717, 1.165) is 22.8 Å². The summed E-state index contributed by atoms with van der Waals surface area (Å²) in [5.74, 6) is 2.37. The molecule has 0 saturated heterocycles. The average molecular weight is 295 g/mol. The molecular formula is C18H17NO3. The molecule has 0 aliphatic carbocycles. The zero-order chi connectivity index (χ0) is 15.2. The summed E-state index contributed by atoms with van der Waals surface area (Å²) in [6, 6.07) is 17.4. The molecule has 0 saturated carbocycles. The fourth-order valence-corrected chi connectivity index (χ4v) is 2.19. The van der Waals surface area contributed by atoms with Crippen LogP contribution in [-0.2, 0) is 17.8 Å². The Morgan fingerprint density at radius 3 is 2.59 bits per heavy atom. The summed E-state index contributed by atoms with van der Waals surface area (Å²) in [4.78, 5) is 11.8. The van der Waals surface area contributed by atoms with Crippen molar-refractivity contribution in [1.29, 1.82) is 0 Å². The van der Waals surface area contributed by atoms with E-state index in [1.807, 2.05) is 48.5 Å². The molecule has 0 aliphatic heterocycles. The molecule has 2 heterocycles. The first-order valence-corrected chi connectivity index (χ1v) is 7.24. The largest absolute Gasteiger partial charge is 0.467 e. The minimum Gasteiger partial charge on any atom is -0.467 e. The third-order valence-electron chi connectivity index (χ3n) is 3.36. The van der Waals surface area contributed by atoms with Crippen LogP contribution in [0.15, 0.2) is 69.7 Å². The molecule has 0 fully saturated rings. The van der Waals surface area contributed by atoms with Crippen molar-refractivity contribution in [2.45, 2.75) is 19.4 Å². The molecule has 0 radical (unpaired) electrons. The predicted molar refractivity (Wildman–Crippen MR) is 83.0 cm³/mol. The molecule has 0 bridgehead atoms. The van der Waals surface area contributed by atoms with E-state index < -0.39 is 0 Å². The highest BCUT2D eigenvalue weighted by Gasteiger charge is 2.07. The number of benzene rings is 1. The van der Waals surface area contributed by atoms with Crippen LogP contribution in [0.4, 0.5) is 0 Å². The van der Waals surface area contributed by atoms with Gasteiger partial charge in [-0.25, -0.2) is 0 Å². The van der Waals surface area contributed by atoms with E-state index in [0.29, 0.717) is 19.4 Å². The molecule has 3 aromatic rings. The Hall–Kier alpha value is -2.75. The molecule has 4 nitrogen and oxygen atoms in total. The van der Waals surface area contributed by atoms with E-state index in [-0.39, 0.29) is 5.91 Å². The number of rotatable bonds is 6. The van der Waals surface area contributed by atoms with Crippen molar-refractivity contribution in [3.8, 4) is 11.3 Å². The Labute approximate surface area is 128 Å². The number of hydrogen-bond acceptors (Lipinski definition) is 3. The van der Waals surface area contributed by atoms with Crippen molar-refractivity contribution < 1.29 is 13.6 Å². The molecule has 4 heteroatoms. The Bertz CT molecular complexity index is 714. The van der Waals surface area contributed by atoms with Gasteiger partial charge in [0, 0.05) is 18.4 Å². The van der Waals surface area contributed by atoms with Crippen LogP contribution in [0.25, 0.3) is 11.3 Å². The number of hydrogen-bond donors (Lipinski definition) is 1. The molecule has 3 rings (SSSR count). The van der Waals surface area contributed by atoms with Crippen molar-refractivity contribution in [3.05, 3.63) is 72.4 Å². The van der Waals surface area contributed by atoms with Crippen molar-refractivity contribution >= 4 is 5.91 Å². The second-order valence-electron chi connectivity index (χ2n) is 4.99. The quantitative estimate of drug-likeness (QED) is 0.752. The van der Waals surface area contributed by atoms with Crippen molar-refractivity contribution in [2.75, 3.05) is 0 Å². The lowest BCUT2D eigenvalue weighted by Crippen LogP contribution is -2.22. The zero-order valence-electron chi connectivity index (χ0n) is 12.1. The minimum atomic E-state index is -0.0194. The Morgan fingerprint density at radius 2 is 1.82 bits per heavy atom. The highest BCUT2D eigenvalue weighted by atomic mass is 16.3. The van der Waals surface area contributed by atoms with Gasteiger partial charge in [0.2, 0.25) is 5.91 Å². The number of amides is 1. The van der Waals surface area contributed by atoms with Gasteiger partial charge in [0.25, 0.3) is 0 Å². The number of furan rings is 2. The van der Waals surface area contributed by atoms with Crippen LogP contribution in [0.5, 0.6) is 0 Å². The van der Waals surface area contributed by atoms with Gasteiger partial charge in [-0.05, 0) is 24.3 Å². The van der Waals surface area contributed by atoms with Gasteiger partial charge in [-0.2, -0.15) is 0 Å². The van der Waals surface area contributed by atoms with Crippen molar-refractivity contribution in [2.24, 2.45) is 0 Å². The summed E-state index contributed by atoms with van der Waals surface area (Å²) in [5, 5.41) is 2.82. The lowest BCUT2D eigenvalue weighted by molar-refractivity contribution is -0.121. The minimum absolute atomic E-state index is 0.0194. The Kier molecular flexibility index (Phi) is 4.39. The smallest absolute Gasteiger partial charge is 0.220 e. The summed E-state index contributed by atoms with van der Waals surface area (Å²) in [6.07, 6.45) is 2.56. The van der Waals surface area contributed by atoms with Crippen LogP contribution in [0, 0.1) is 0 Å². The van der Waals surface area contributed by atoms with Gasteiger partial charge in [-0.15, -0.1) is 0 Å². The van der Waals surface area contributed by atoms with Crippen LogP contribution in [0.2, 0.25) is 0 Å². The first-order valence-electron chi connectivity index (χ1n) is 7.24. The third-order valence-corrected chi connectivity index (χ3v) is 3.36. The lowest BCUT2D eigenvalue weighted by Gasteiger charge is -2.02. The lowest BCUT2D eigenvalue weighted by atomic mass is 10.2. The summed E-state index contributed by atoms with van der Waals surface area (Å²) < 4.78 is 10.9. The summed E-state index contributed by atoms with van der Waals surface area (Å²) in [6.45, 7) is 0.416. The van der Waals surface area contributed by atoms with Crippen LogP contribution in [-0.4, -0.2) is 5.91 Å². The maximum Gasteiger partial charge on any atom is 0.220 e. The Balaban J connectivity index is 1.49. The molecule has 1 N–H and O–H groups in total. The molecule has 112 valence electrons. The topological polar surface area (TPSA) is 55.4 Å². The van der Waals surface area contributed by atoms with E-state index in [9.17, 15) is 4.79 Å². The van der Waals surface area contributed by atoms with Crippen LogP contribution in [0.1, 0.15) is 17.9 Å². The van der Waals surface area contributed by atoms with Crippen molar-refractivity contribution in [3.63, 3.8) is 0 Å². The molecule has 22 heavy (non-hydrogen) atoms. The van der Waals surface area contributed by atoms with Crippen molar-refractivity contribution in [1.82, 2.24) is 5.32 Å². The second-order valence-corrected chi connectivity index (χ2v) is 4.99. The maximum absolute atomic E-state index is 11.8. The molecule has 1 amide bonds. The van der Waals surface area contributed by atoms with E-state index in [2.05, 4.69) is 5.32 Å². The highest BCUT2D eigenvalue weighted by molar-refractivity contribution is 5.76. The van der Waals surface area contributed by atoms with E-state index in [4.69, 9.17) is 8.83 Å². The maximum atomic E-state index is 11.8. The van der Waals surface area contributed by atoms with Gasteiger partial charge >= 0.3 is 0 Å². The Morgan fingerprint density at radius 1 is 0.955 bits per heavy atom. The average Bonchev–Trinajstić information content (AvgIpc) is 3.23. The number of carbonyl (C=O) groups excluding carboxylic acids is 1.